The highest BCUT2D eigenvalue weighted by molar-refractivity contribution is 6.22. The summed E-state index contributed by atoms with van der Waals surface area (Å²) in [6.07, 6.45) is 3.91. The van der Waals surface area contributed by atoms with Crippen molar-refractivity contribution in [2.24, 2.45) is 0 Å². The number of hydrogen-bond donors (Lipinski definition) is 0. The standard InChI is InChI=1S/C102H62N4O2/c1-2-18-66-55-67(38-37-63(66)17-1)64-39-44-74(45-40-64)105(78-61-94-95(104-62-78)52-51-89-85-30-9-11-35-97(85)107-101(89)94)76-24-13-22-71(57-76)93-60-73-20-4-6-27-81(73)99-87(33-16-34-88(93)99)83-32-15-23-69-56-68(43-48-80(69)83)65-41-46-75(47-42-65)106(96-53-54-103-100-91(96)50-49-90-86-31-10-12-36-98(86)108-102(90)100)77-25-14-21-70(58-77)92-59-72-19-3-5-26-79(72)82-28-7-8-29-84(82)92/h1-62H. The third-order valence-corrected chi connectivity index (χ3v) is 22.2. The van der Waals surface area contributed by atoms with Crippen molar-refractivity contribution in [3.63, 3.8) is 0 Å². The van der Waals surface area contributed by atoms with E-state index in [1.54, 1.807) is 0 Å². The molecule has 6 nitrogen and oxygen atoms in total. The van der Waals surface area contributed by atoms with Crippen LogP contribution in [0.2, 0.25) is 0 Å². The highest BCUT2D eigenvalue weighted by atomic mass is 16.3. The second-order valence-electron chi connectivity index (χ2n) is 28.3. The molecule has 108 heavy (non-hydrogen) atoms. The highest BCUT2D eigenvalue weighted by Crippen LogP contribution is 2.49. The summed E-state index contributed by atoms with van der Waals surface area (Å²) in [6, 6.07) is 132. The first-order valence-electron chi connectivity index (χ1n) is 36.8. The van der Waals surface area contributed by atoms with Gasteiger partial charge < -0.3 is 18.6 Å². The summed E-state index contributed by atoms with van der Waals surface area (Å²) in [5.41, 5.74) is 22.5. The fraction of sp³-hybridized carbons (Fsp3) is 0. The van der Waals surface area contributed by atoms with E-state index >= 15 is 0 Å². The van der Waals surface area contributed by atoms with Crippen LogP contribution in [0.3, 0.4) is 0 Å². The van der Waals surface area contributed by atoms with Gasteiger partial charge in [-0.2, -0.15) is 0 Å². The Balaban J connectivity index is 0.643. The van der Waals surface area contributed by atoms with E-state index in [1.165, 1.54) is 81.5 Å². The van der Waals surface area contributed by atoms with Gasteiger partial charge in [0.1, 0.15) is 22.3 Å². The summed E-state index contributed by atoms with van der Waals surface area (Å²) < 4.78 is 13.3. The predicted octanol–water partition coefficient (Wildman–Crippen LogP) is 28.8. The first kappa shape index (κ1) is 61.1. The first-order valence-corrected chi connectivity index (χ1v) is 36.8. The minimum absolute atomic E-state index is 0.781. The zero-order valence-electron chi connectivity index (χ0n) is 58.4. The number of rotatable bonds is 11. The second kappa shape index (κ2) is 24.6. The number of hydrogen-bond acceptors (Lipinski definition) is 6. The maximum absolute atomic E-state index is 6.67. The Bertz CT molecular complexity index is 7460. The quantitative estimate of drug-likeness (QED) is 0.120. The van der Waals surface area contributed by atoms with Gasteiger partial charge in [-0.3, -0.25) is 9.97 Å². The molecule has 0 aliphatic carbocycles. The minimum atomic E-state index is 0.781. The number of pyridine rings is 2. The fourth-order valence-corrected chi connectivity index (χ4v) is 17.2. The number of anilines is 6. The van der Waals surface area contributed by atoms with E-state index in [0.717, 1.165) is 139 Å². The smallest absolute Gasteiger partial charge is 0.161 e. The summed E-state index contributed by atoms with van der Waals surface area (Å²) in [7, 11) is 0. The third-order valence-electron chi connectivity index (χ3n) is 22.2. The number of para-hydroxylation sites is 2. The van der Waals surface area contributed by atoms with Gasteiger partial charge in [-0.05, 0) is 242 Å². The van der Waals surface area contributed by atoms with Crippen LogP contribution in [0.5, 0.6) is 0 Å². The van der Waals surface area contributed by atoms with Crippen molar-refractivity contribution < 1.29 is 8.83 Å². The van der Waals surface area contributed by atoms with Gasteiger partial charge in [0, 0.05) is 61.3 Å². The molecule has 0 saturated carbocycles. The lowest BCUT2D eigenvalue weighted by molar-refractivity contribution is 0.671. The van der Waals surface area contributed by atoms with Crippen LogP contribution < -0.4 is 9.80 Å². The van der Waals surface area contributed by atoms with Gasteiger partial charge in [-0.15, -0.1) is 0 Å². The van der Waals surface area contributed by atoms with Crippen molar-refractivity contribution in [2.45, 2.75) is 0 Å². The number of fused-ring (bicyclic) bond motifs is 18. The average molecular weight is 1380 g/mol. The Kier molecular flexibility index (Phi) is 13.9. The van der Waals surface area contributed by atoms with E-state index in [1.807, 2.05) is 36.7 Å². The molecule has 22 aromatic rings. The molecule has 0 N–H and O–H groups in total. The molecule has 0 spiro atoms. The molecule has 0 amide bonds. The van der Waals surface area contributed by atoms with E-state index in [0.29, 0.717) is 0 Å². The molecule has 0 aliphatic heterocycles. The van der Waals surface area contributed by atoms with Gasteiger partial charge >= 0.3 is 0 Å². The Labute approximate surface area is 621 Å². The maximum atomic E-state index is 6.67. The first-order chi connectivity index (χ1) is 53.5. The van der Waals surface area contributed by atoms with Gasteiger partial charge in [0.05, 0.1) is 23.1 Å². The van der Waals surface area contributed by atoms with E-state index < -0.39 is 0 Å². The van der Waals surface area contributed by atoms with Gasteiger partial charge in [0.15, 0.2) is 5.58 Å². The Morgan fingerprint density at radius 1 is 0.222 bits per heavy atom. The third kappa shape index (κ3) is 9.96. The molecule has 0 aliphatic rings. The molecular weight excluding hydrogens is 1310 g/mol. The van der Waals surface area contributed by atoms with Gasteiger partial charge in [0.25, 0.3) is 0 Å². The molecule has 18 aromatic carbocycles. The van der Waals surface area contributed by atoms with Crippen molar-refractivity contribution in [1.82, 2.24) is 9.97 Å². The molecule has 4 heterocycles. The summed E-state index contributed by atoms with van der Waals surface area (Å²) in [5, 5.41) is 20.7. The molecule has 22 rings (SSSR count). The van der Waals surface area contributed by atoms with Crippen molar-refractivity contribution in [3.8, 4) is 55.6 Å². The molecule has 6 heteroatoms. The van der Waals surface area contributed by atoms with Gasteiger partial charge in [0.2, 0.25) is 0 Å². The average Bonchev–Trinajstić information content (AvgIpc) is 1.28. The van der Waals surface area contributed by atoms with E-state index in [-0.39, 0.29) is 0 Å². The molecule has 0 radical (unpaired) electrons. The van der Waals surface area contributed by atoms with Crippen LogP contribution >= 0.6 is 0 Å². The summed E-state index contributed by atoms with van der Waals surface area (Å²) in [4.78, 5) is 14.9. The molecule has 0 unspecified atom stereocenters. The van der Waals surface area contributed by atoms with Crippen molar-refractivity contribution in [2.75, 3.05) is 9.80 Å². The zero-order valence-corrected chi connectivity index (χ0v) is 58.4. The lowest BCUT2D eigenvalue weighted by Crippen LogP contribution is -2.11. The summed E-state index contributed by atoms with van der Waals surface area (Å²) in [5.74, 6) is 0. The molecule has 0 bridgehead atoms. The summed E-state index contributed by atoms with van der Waals surface area (Å²) in [6.45, 7) is 0. The van der Waals surface area contributed by atoms with Crippen LogP contribution in [0.4, 0.5) is 34.1 Å². The molecular formula is C102H62N4O2. The maximum Gasteiger partial charge on any atom is 0.161 e. The number of aromatic nitrogens is 2. The van der Waals surface area contributed by atoms with Crippen LogP contribution in [0.1, 0.15) is 0 Å². The number of benzene rings is 18. The Hall–Kier alpha value is -14.5. The van der Waals surface area contributed by atoms with Crippen LogP contribution in [0.15, 0.2) is 385 Å². The van der Waals surface area contributed by atoms with Gasteiger partial charge in [-0.25, -0.2) is 0 Å². The second-order valence-corrected chi connectivity index (χ2v) is 28.3. The largest absolute Gasteiger partial charge is 0.455 e. The van der Waals surface area contributed by atoms with E-state index in [2.05, 4.69) is 350 Å². The van der Waals surface area contributed by atoms with Crippen LogP contribution in [0, 0.1) is 0 Å². The van der Waals surface area contributed by atoms with Crippen molar-refractivity contribution >= 4 is 164 Å². The summed E-state index contributed by atoms with van der Waals surface area (Å²) >= 11 is 0. The van der Waals surface area contributed by atoms with E-state index in [9.17, 15) is 0 Å². The molecule has 0 atom stereocenters. The number of furan rings is 2. The monoisotopic (exact) mass is 1370 g/mol. The lowest BCUT2D eigenvalue weighted by atomic mass is 9.87. The van der Waals surface area contributed by atoms with Gasteiger partial charge in [-0.1, -0.05) is 243 Å². The normalized spacial score (nSPS) is 11.9. The highest BCUT2D eigenvalue weighted by Gasteiger charge is 2.24. The topological polar surface area (TPSA) is 58.5 Å². The fourth-order valence-electron chi connectivity index (χ4n) is 17.2. The van der Waals surface area contributed by atoms with Crippen LogP contribution in [-0.4, -0.2) is 9.97 Å². The molecule has 4 aromatic heterocycles. The van der Waals surface area contributed by atoms with Crippen molar-refractivity contribution in [3.05, 3.63) is 376 Å². The van der Waals surface area contributed by atoms with Crippen molar-refractivity contribution in [1.29, 1.82) is 0 Å². The number of nitrogens with zero attached hydrogens (tertiary/aromatic N) is 4. The Morgan fingerprint density at radius 2 is 0.722 bits per heavy atom. The zero-order chi connectivity index (χ0) is 70.9. The lowest BCUT2D eigenvalue weighted by Gasteiger charge is -2.27. The van der Waals surface area contributed by atoms with Crippen LogP contribution in [0.25, 0.3) is 186 Å². The molecule has 0 fully saturated rings. The molecule has 0 saturated heterocycles. The van der Waals surface area contributed by atoms with E-state index in [4.69, 9.17) is 18.8 Å². The Morgan fingerprint density at radius 3 is 1.46 bits per heavy atom. The molecule has 502 valence electrons. The predicted molar refractivity (Wildman–Crippen MR) is 453 cm³/mol. The minimum Gasteiger partial charge on any atom is -0.455 e. The van der Waals surface area contributed by atoms with Crippen LogP contribution in [-0.2, 0) is 0 Å². The SMILES string of the molecule is c1cc(-c2cc3ccccc3c3c(-c4cccc5cc(-c6ccc(N(c7cccc(-c8cc9ccccc9c9ccccc89)c7)c7ccnc8c7ccc7c9ccccc9oc78)cc6)ccc45)cccc23)cc(N(c2ccc(-c3ccc4ccccc4c3)cc2)c2cnc3ccc4c5ccccc5oc4c3c2)c1.